The number of nitro benzene ring substituents is 1. The van der Waals surface area contributed by atoms with Crippen molar-refractivity contribution in [3.8, 4) is 0 Å². The van der Waals surface area contributed by atoms with Crippen LogP contribution >= 0.6 is 11.8 Å². The topological polar surface area (TPSA) is 106 Å². The number of aryl methyl sites for hydroxylation is 2. The first-order chi connectivity index (χ1) is 9.79. The van der Waals surface area contributed by atoms with Crippen molar-refractivity contribution in [3.05, 3.63) is 45.1 Å². The van der Waals surface area contributed by atoms with E-state index in [9.17, 15) is 19.3 Å². The number of carboxylic acid groups (broad SMARTS) is 1. The molecule has 0 atom stereocenters. The van der Waals surface area contributed by atoms with Gasteiger partial charge in [-0.15, -0.1) is 0 Å². The molecule has 0 aliphatic carbocycles. The van der Waals surface area contributed by atoms with Crippen LogP contribution in [0.2, 0.25) is 0 Å². The summed E-state index contributed by atoms with van der Waals surface area (Å²) in [5, 5.41) is 19.9. The highest BCUT2D eigenvalue weighted by atomic mass is 32.2. The van der Waals surface area contributed by atoms with Gasteiger partial charge in [0.2, 0.25) is 0 Å². The monoisotopic (exact) mass is 312 g/mol. The molecule has 0 aliphatic heterocycles. The average Bonchev–Trinajstić information content (AvgIpc) is 2.69. The Bertz CT molecular complexity index is 724. The number of aromatic carboxylic acids is 1. The molecule has 0 saturated carbocycles. The van der Waals surface area contributed by atoms with Gasteiger partial charge < -0.3 is 9.52 Å². The minimum atomic E-state index is -1.51. The van der Waals surface area contributed by atoms with Gasteiger partial charge in [-0.25, -0.2) is 14.2 Å². The molecular weight excluding hydrogens is 303 g/mol. The highest BCUT2D eigenvalue weighted by Crippen LogP contribution is 2.36. The summed E-state index contributed by atoms with van der Waals surface area (Å²) in [6.45, 7) is 3.37. The maximum absolute atomic E-state index is 13.5. The van der Waals surface area contributed by atoms with E-state index < -0.39 is 28.0 Å². The van der Waals surface area contributed by atoms with Crippen LogP contribution in [0.1, 0.15) is 21.8 Å². The van der Waals surface area contributed by atoms with Crippen molar-refractivity contribution >= 4 is 23.4 Å². The van der Waals surface area contributed by atoms with Crippen molar-refractivity contribution in [1.29, 1.82) is 0 Å². The second-order valence-corrected chi connectivity index (χ2v) is 5.08. The van der Waals surface area contributed by atoms with Gasteiger partial charge in [-0.05, 0) is 31.7 Å². The zero-order valence-corrected chi connectivity index (χ0v) is 11.7. The average molecular weight is 312 g/mol. The maximum atomic E-state index is 13.5. The lowest BCUT2D eigenvalue weighted by molar-refractivity contribution is -0.387. The Morgan fingerprint density at radius 2 is 2.14 bits per heavy atom. The molecule has 0 saturated heterocycles. The molecule has 0 bridgehead atoms. The third-order valence-electron chi connectivity index (χ3n) is 2.68. The fourth-order valence-electron chi connectivity index (χ4n) is 1.51. The zero-order valence-electron chi connectivity index (χ0n) is 10.9. The van der Waals surface area contributed by atoms with Gasteiger partial charge in [-0.2, -0.15) is 0 Å². The fourth-order valence-corrected chi connectivity index (χ4v) is 2.46. The summed E-state index contributed by atoms with van der Waals surface area (Å²) in [6.07, 6.45) is 0. The first kappa shape index (κ1) is 15.0. The highest BCUT2D eigenvalue weighted by Gasteiger charge is 2.23. The Morgan fingerprint density at radius 1 is 1.48 bits per heavy atom. The summed E-state index contributed by atoms with van der Waals surface area (Å²) in [4.78, 5) is 25.0. The Hall–Kier alpha value is -2.42. The number of nitrogens with zero attached hydrogens (tertiary/aromatic N) is 2. The van der Waals surface area contributed by atoms with E-state index in [-0.39, 0.29) is 10.1 Å². The molecule has 2 aromatic rings. The predicted octanol–water partition coefficient (Wildman–Crippen LogP) is 3.19. The van der Waals surface area contributed by atoms with E-state index in [1.165, 1.54) is 0 Å². The van der Waals surface area contributed by atoms with E-state index in [1.807, 2.05) is 0 Å². The highest BCUT2D eigenvalue weighted by molar-refractivity contribution is 7.99. The van der Waals surface area contributed by atoms with Crippen LogP contribution in [0, 0.1) is 29.8 Å². The molecule has 1 heterocycles. The number of carbonyl (C=O) groups is 1. The van der Waals surface area contributed by atoms with E-state index in [4.69, 9.17) is 9.52 Å². The quantitative estimate of drug-likeness (QED) is 0.682. The van der Waals surface area contributed by atoms with Crippen molar-refractivity contribution < 1.29 is 23.6 Å². The fraction of sp³-hybridized carbons (Fsp3) is 0.167. The minimum Gasteiger partial charge on any atom is -0.478 e. The summed E-state index contributed by atoms with van der Waals surface area (Å²) >= 11 is 0.768. The van der Waals surface area contributed by atoms with Crippen LogP contribution < -0.4 is 0 Å². The number of nitro groups is 1. The smallest absolute Gasteiger partial charge is 0.338 e. The number of aromatic nitrogens is 1. The molecule has 0 spiro atoms. The largest absolute Gasteiger partial charge is 0.478 e. The summed E-state index contributed by atoms with van der Waals surface area (Å²) in [5.41, 5.74) is -0.583. The van der Waals surface area contributed by atoms with E-state index >= 15 is 0 Å². The molecule has 2 rings (SSSR count). The summed E-state index contributed by atoms with van der Waals surface area (Å²) < 4.78 is 18.8. The lowest BCUT2D eigenvalue weighted by Crippen LogP contribution is -2.03. The van der Waals surface area contributed by atoms with Crippen LogP contribution in [0.4, 0.5) is 10.1 Å². The molecule has 7 nitrogen and oxygen atoms in total. The molecule has 0 radical (unpaired) electrons. The number of rotatable bonds is 4. The molecule has 0 unspecified atom stereocenters. The van der Waals surface area contributed by atoms with Crippen LogP contribution in [-0.4, -0.2) is 21.0 Å². The van der Waals surface area contributed by atoms with Crippen molar-refractivity contribution in [2.45, 2.75) is 24.0 Å². The van der Waals surface area contributed by atoms with Gasteiger partial charge in [-0.1, -0.05) is 0 Å². The minimum absolute atomic E-state index is 0.0555. The molecule has 0 fully saturated rings. The van der Waals surface area contributed by atoms with E-state index in [0.717, 1.165) is 17.8 Å². The number of hydrogen-bond donors (Lipinski definition) is 1. The number of benzene rings is 1. The third kappa shape index (κ3) is 3.02. The summed E-state index contributed by atoms with van der Waals surface area (Å²) in [5.74, 6) is -2.14. The molecule has 0 amide bonds. The Balaban J connectivity index is 2.51. The van der Waals surface area contributed by atoms with Crippen LogP contribution in [0.15, 0.2) is 26.7 Å². The van der Waals surface area contributed by atoms with Gasteiger partial charge in [0.15, 0.2) is 0 Å². The lowest BCUT2D eigenvalue weighted by atomic mass is 10.2. The van der Waals surface area contributed by atoms with Crippen LogP contribution in [0.3, 0.4) is 0 Å². The second-order valence-electron chi connectivity index (χ2n) is 4.09. The first-order valence-electron chi connectivity index (χ1n) is 5.62. The van der Waals surface area contributed by atoms with Gasteiger partial charge in [0, 0.05) is 0 Å². The normalized spacial score (nSPS) is 10.6. The van der Waals surface area contributed by atoms with Crippen molar-refractivity contribution in [2.24, 2.45) is 0 Å². The Morgan fingerprint density at radius 3 is 2.62 bits per heavy atom. The maximum Gasteiger partial charge on any atom is 0.338 e. The molecule has 0 aliphatic rings. The molecule has 1 aromatic carbocycles. The first-order valence-corrected chi connectivity index (χ1v) is 6.44. The van der Waals surface area contributed by atoms with E-state index in [2.05, 4.69) is 4.98 Å². The number of halogens is 1. The lowest BCUT2D eigenvalue weighted by Gasteiger charge is -2.03. The SMILES string of the molecule is Cc1nc(Sc2cc(C(=O)O)c(F)cc2[N+](=O)[O-])oc1C. The summed E-state index contributed by atoms with van der Waals surface area (Å²) in [7, 11) is 0. The Kier molecular flexibility index (Phi) is 3.94. The van der Waals surface area contributed by atoms with Crippen LogP contribution in [0.5, 0.6) is 0 Å². The second kappa shape index (κ2) is 5.52. The predicted molar refractivity (Wildman–Crippen MR) is 70.1 cm³/mol. The van der Waals surface area contributed by atoms with E-state index in [1.54, 1.807) is 13.8 Å². The van der Waals surface area contributed by atoms with Gasteiger partial charge in [-0.3, -0.25) is 10.1 Å². The van der Waals surface area contributed by atoms with Crippen LogP contribution in [-0.2, 0) is 0 Å². The molecule has 9 heteroatoms. The summed E-state index contributed by atoms with van der Waals surface area (Å²) in [6, 6.07) is 1.48. The molecule has 1 N–H and O–H groups in total. The van der Waals surface area contributed by atoms with Gasteiger partial charge >= 0.3 is 5.97 Å². The molecule has 21 heavy (non-hydrogen) atoms. The van der Waals surface area contributed by atoms with Crippen molar-refractivity contribution in [2.75, 3.05) is 0 Å². The standard InChI is InChI=1S/C12H9FN2O5S/c1-5-6(2)20-12(14-5)21-10-3-7(11(16)17)8(13)4-9(10)15(18)19/h3-4H,1-2H3,(H,16,17). The van der Waals surface area contributed by atoms with Gasteiger partial charge in [0.1, 0.15) is 11.6 Å². The molecule has 1 aromatic heterocycles. The van der Waals surface area contributed by atoms with Crippen molar-refractivity contribution in [3.63, 3.8) is 0 Å². The number of oxazole rings is 1. The van der Waals surface area contributed by atoms with Gasteiger partial charge in [0.05, 0.1) is 27.1 Å². The number of hydrogen-bond acceptors (Lipinski definition) is 6. The third-order valence-corrected chi connectivity index (χ3v) is 3.58. The van der Waals surface area contributed by atoms with Crippen molar-refractivity contribution in [1.82, 2.24) is 4.98 Å². The molecular formula is C12H9FN2O5S. The Labute approximate surface area is 121 Å². The van der Waals surface area contributed by atoms with E-state index in [0.29, 0.717) is 17.5 Å². The van der Waals surface area contributed by atoms with Gasteiger partial charge in [0.25, 0.3) is 10.9 Å². The van der Waals surface area contributed by atoms with Crippen LogP contribution in [0.25, 0.3) is 0 Å². The molecule has 110 valence electrons. The zero-order chi connectivity index (χ0) is 15.7. The number of carboxylic acids is 1.